The zero-order valence-electron chi connectivity index (χ0n) is 15.4. The first-order chi connectivity index (χ1) is 14.2. The predicted octanol–water partition coefficient (Wildman–Crippen LogP) is 3.48. The molecule has 3 aromatic rings. The molecule has 154 valence electrons. The van der Waals surface area contributed by atoms with Gasteiger partial charge in [0.2, 0.25) is 0 Å². The number of hydrogen-bond donors (Lipinski definition) is 2. The number of nitrogens with one attached hydrogen (secondary N) is 1. The van der Waals surface area contributed by atoms with Crippen molar-refractivity contribution in [3.63, 3.8) is 0 Å². The van der Waals surface area contributed by atoms with E-state index in [0.29, 0.717) is 16.7 Å². The summed E-state index contributed by atoms with van der Waals surface area (Å²) < 4.78 is 37.9. The minimum Gasteiger partial charge on any atom is -0.545 e. The fourth-order valence-electron chi connectivity index (χ4n) is 2.86. The Bertz CT molecular complexity index is 1090. The Morgan fingerprint density at radius 1 is 0.933 bits per heavy atom. The molecule has 0 aliphatic rings. The van der Waals surface area contributed by atoms with Crippen LogP contribution in [0.25, 0.3) is 11.1 Å². The zero-order valence-corrected chi connectivity index (χ0v) is 15.4. The van der Waals surface area contributed by atoms with E-state index in [1.807, 2.05) is 0 Å². The second-order valence-corrected chi connectivity index (χ2v) is 6.44. The average Bonchev–Trinajstić information content (AvgIpc) is 2.73. The molecule has 0 heterocycles. The third kappa shape index (κ3) is 4.66. The van der Waals surface area contributed by atoms with E-state index >= 15 is 0 Å². The Morgan fingerprint density at radius 2 is 1.60 bits per heavy atom. The van der Waals surface area contributed by atoms with E-state index in [0.717, 1.165) is 24.3 Å². The van der Waals surface area contributed by atoms with Crippen molar-refractivity contribution in [1.29, 1.82) is 0 Å². The van der Waals surface area contributed by atoms with E-state index in [-0.39, 0.29) is 23.4 Å². The highest BCUT2D eigenvalue weighted by molar-refractivity contribution is 6.07. The fourth-order valence-corrected chi connectivity index (χ4v) is 2.86. The molecule has 3 rings (SSSR count). The van der Waals surface area contributed by atoms with Crippen molar-refractivity contribution in [2.75, 3.05) is 5.32 Å². The SMILES string of the molecule is O=C(Nc1ccc(-c2cccc(CO)c2)cc1C(=O)[O-])c1ccc(C(F)(F)F)cc1. The number of benzene rings is 3. The standard InChI is InChI=1S/C22H16F3NO4/c23-22(24,25)17-7-4-14(5-8-17)20(28)26-19-9-6-16(11-18(19)21(29)30)15-3-1-2-13(10-15)12-27/h1-11,27H,12H2,(H,26,28)(H,29,30)/p-1. The number of carboxylic acid groups (broad SMARTS) is 1. The van der Waals surface area contributed by atoms with E-state index in [2.05, 4.69) is 5.32 Å². The minimum atomic E-state index is -4.53. The summed E-state index contributed by atoms with van der Waals surface area (Å²) in [5, 5.41) is 23.2. The molecule has 2 N–H and O–H groups in total. The maximum Gasteiger partial charge on any atom is 0.416 e. The largest absolute Gasteiger partial charge is 0.545 e. The highest BCUT2D eigenvalue weighted by Gasteiger charge is 2.30. The number of rotatable bonds is 5. The van der Waals surface area contributed by atoms with E-state index in [1.165, 1.54) is 12.1 Å². The molecule has 0 aromatic heterocycles. The van der Waals surface area contributed by atoms with E-state index < -0.39 is 23.6 Å². The van der Waals surface area contributed by atoms with Gasteiger partial charge in [-0.25, -0.2) is 0 Å². The lowest BCUT2D eigenvalue weighted by molar-refractivity contribution is -0.254. The predicted molar refractivity (Wildman–Crippen MR) is 102 cm³/mol. The summed E-state index contributed by atoms with van der Waals surface area (Å²) in [6.45, 7) is -0.178. The van der Waals surface area contributed by atoms with Crippen LogP contribution in [0.1, 0.15) is 31.8 Å². The molecule has 0 radical (unpaired) electrons. The molecule has 0 saturated carbocycles. The Hall–Kier alpha value is -3.65. The summed E-state index contributed by atoms with van der Waals surface area (Å²) in [6, 6.07) is 14.6. The highest BCUT2D eigenvalue weighted by atomic mass is 19.4. The number of aliphatic hydroxyl groups is 1. The Labute approximate surface area is 169 Å². The number of aromatic carboxylic acids is 1. The summed E-state index contributed by atoms with van der Waals surface area (Å²) in [5.41, 5.74) is 0.518. The topological polar surface area (TPSA) is 89.5 Å². The van der Waals surface area contributed by atoms with Crippen molar-refractivity contribution < 1.29 is 33.0 Å². The van der Waals surface area contributed by atoms with Crippen molar-refractivity contribution >= 4 is 17.6 Å². The lowest BCUT2D eigenvalue weighted by Crippen LogP contribution is -2.25. The fraction of sp³-hybridized carbons (Fsp3) is 0.0909. The molecule has 0 fully saturated rings. The second kappa shape index (κ2) is 8.38. The summed E-state index contributed by atoms with van der Waals surface area (Å²) in [5.74, 6) is -2.29. The number of hydrogen-bond acceptors (Lipinski definition) is 4. The number of amides is 1. The summed E-state index contributed by atoms with van der Waals surface area (Å²) in [4.78, 5) is 23.9. The van der Waals surface area contributed by atoms with Gasteiger partial charge in [-0.15, -0.1) is 0 Å². The molecule has 0 bridgehead atoms. The zero-order chi connectivity index (χ0) is 21.9. The molecule has 0 saturated heterocycles. The van der Waals surface area contributed by atoms with Crippen LogP contribution in [0.3, 0.4) is 0 Å². The van der Waals surface area contributed by atoms with E-state index in [1.54, 1.807) is 30.3 Å². The first-order valence-corrected chi connectivity index (χ1v) is 8.73. The summed E-state index contributed by atoms with van der Waals surface area (Å²) in [6.07, 6.45) is -4.53. The second-order valence-electron chi connectivity index (χ2n) is 6.44. The van der Waals surface area contributed by atoms with Crippen molar-refractivity contribution in [1.82, 2.24) is 0 Å². The maximum atomic E-state index is 12.6. The van der Waals surface area contributed by atoms with Crippen LogP contribution >= 0.6 is 0 Å². The van der Waals surface area contributed by atoms with Gasteiger partial charge in [0.15, 0.2) is 0 Å². The molecule has 5 nitrogen and oxygen atoms in total. The van der Waals surface area contributed by atoms with Crippen LogP contribution in [0.2, 0.25) is 0 Å². The van der Waals surface area contributed by atoms with Crippen molar-refractivity contribution in [3.05, 3.63) is 89.0 Å². The van der Waals surface area contributed by atoms with Gasteiger partial charge in [-0.3, -0.25) is 4.79 Å². The third-order valence-corrected chi connectivity index (χ3v) is 4.40. The Balaban J connectivity index is 1.88. The number of alkyl halides is 3. The molecular formula is C22H15F3NO4-. The summed E-state index contributed by atoms with van der Waals surface area (Å²) in [7, 11) is 0. The molecule has 3 aromatic carbocycles. The lowest BCUT2D eigenvalue weighted by atomic mass is 10.00. The number of halogens is 3. The van der Waals surface area contributed by atoms with Gasteiger partial charge in [0.1, 0.15) is 0 Å². The molecule has 0 aliphatic carbocycles. The number of carboxylic acids is 1. The minimum absolute atomic E-state index is 0.0537. The molecule has 0 spiro atoms. The smallest absolute Gasteiger partial charge is 0.416 e. The van der Waals surface area contributed by atoms with Gasteiger partial charge in [0, 0.05) is 11.1 Å². The van der Waals surface area contributed by atoms with Crippen LogP contribution in [-0.4, -0.2) is 17.0 Å². The van der Waals surface area contributed by atoms with Gasteiger partial charge in [-0.05, 0) is 59.2 Å². The van der Waals surface area contributed by atoms with Crippen LogP contribution in [0.4, 0.5) is 18.9 Å². The first kappa shape index (κ1) is 21.1. The van der Waals surface area contributed by atoms with Crippen LogP contribution < -0.4 is 10.4 Å². The molecule has 0 atom stereocenters. The quantitative estimate of drug-likeness (QED) is 0.669. The maximum absolute atomic E-state index is 12.6. The number of anilines is 1. The molecule has 1 amide bonds. The molecule has 30 heavy (non-hydrogen) atoms. The van der Waals surface area contributed by atoms with Crippen molar-refractivity contribution in [2.24, 2.45) is 0 Å². The van der Waals surface area contributed by atoms with Gasteiger partial charge < -0.3 is 20.3 Å². The van der Waals surface area contributed by atoms with Crippen LogP contribution in [0, 0.1) is 0 Å². The Morgan fingerprint density at radius 3 is 2.20 bits per heavy atom. The van der Waals surface area contributed by atoms with Crippen LogP contribution in [-0.2, 0) is 12.8 Å². The lowest BCUT2D eigenvalue weighted by Gasteiger charge is -2.15. The third-order valence-electron chi connectivity index (χ3n) is 4.40. The molecule has 0 unspecified atom stereocenters. The first-order valence-electron chi connectivity index (χ1n) is 8.73. The highest BCUT2D eigenvalue weighted by Crippen LogP contribution is 2.30. The summed E-state index contributed by atoms with van der Waals surface area (Å²) >= 11 is 0. The Kier molecular flexibility index (Phi) is 5.89. The van der Waals surface area contributed by atoms with E-state index in [4.69, 9.17) is 0 Å². The van der Waals surface area contributed by atoms with Crippen LogP contribution in [0.5, 0.6) is 0 Å². The van der Waals surface area contributed by atoms with Crippen molar-refractivity contribution in [2.45, 2.75) is 12.8 Å². The number of carbonyl (C=O) groups is 2. The van der Waals surface area contributed by atoms with E-state index in [9.17, 15) is 33.0 Å². The van der Waals surface area contributed by atoms with Gasteiger partial charge in [0.05, 0.1) is 23.8 Å². The van der Waals surface area contributed by atoms with Gasteiger partial charge >= 0.3 is 6.18 Å². The molecular weight excluding hydrogens is 399 g/mol. The average molecular weight is 414 g/mol. The molecule has 0 aliphatic heterocycles. The van der Waals surface area contributed by atoms with Crippen LogP contribution in [0.15, 0.2) is 66.7 Å². The molecule has 8 heteroatoms. The van der Waals surface area contributed by atoms with Gasteiger partial charge in [-0.2, -0.15) is 13.2 Å². The number of aliphatic hydroxyl groups excluding tert-OH is 1. The van der Waals surface area contributed by atoms with Gasteiger partial charge in [-0.1, -0.05) is 24.3 Å². The monoisotopic (exact) mass is 414 g/mol. The van der Waals surface area contributed by atoms with Gasteiger partial charge in [0.25, 0.3) is 5.91 Å². The van der Waals surface area contributed by atoms with Crippen molar-refractivity contribution in [3.8, 4) is 11.1 Å². The number of carbonyl (C=O) groups excluding carboxylic acids is 2. The normalized spacial score (nSPS) is 11.2.